The van der Waals surface area contributed by atoms with E-state index in [9.17, 15) is 19.2 Å². The van der Waals surface area contributed by atoms with Crippen LogP contribution in [0.3, 0.4) is 0 Å². The normalized spacial score (nSPS) is 16.0. The van der Waals surface area contributed by atoms with Crippen LogP contribution in [0.2, 0.25) is 0 Å². The van der Waals surface area contributed by atoms with Gasteiger partial charge in [0.25, 0.3) is 5.91 Å². The summed E-state index contributed by atoms with van der Waals surface area (Å²) in [6.07, 6.45) is 6.57. The standard InChI is InChI=1S/C23H23N3O2.C13H15NO3.C10H10N2.ClH/c1-14-9-20(17-3-2-4-17)21(22(25)27)10-19(14)23(28)26-12-18(13-26)16-7-5-15(11-24)6-8-16;1-7-5-10(8-3-2-4-8)11(12(14)15)6-9(7)13(16)17;11-5-8-1-3-9(4-2-8)10-6-12-7-10;/h5-10,17-18H,2-4,12-13H2,1H3,(H2,25,27);5-6,8H,2-4H2,1H3,(H2,14,15)(H,16,17);1-4,10,12H,6-7H2;1H. The number of carboxylic acids is 1. The molecular formula is C46H49ClN6O5. The number of likely N-dealkylation sites (tertiary alicyclic amines) is 1. The first kappa shape index (κ1) is 43.1. The number of nitrogens with two attached hydrogens (primary N) is 2. The number of amides is 3. The molecule has 2 aliphatic carbocycles. The molecule has 12 heteroatoms. The van der Waals surface area contributed by atoms with Crippen LogP contribution >= 0.6 is 12.4 Å². The number of carbonyl (C=O) groups excluding carboxylic acids is 3. The average Bonchev–Trinajstić information content (AvgIpc) is 3.10. The topological polar surface area (TPSA) is 203 Å². The number of carboxylic acid groups (broad SMARTS) is 1. The van der Waals surface area contributed by atoms with Crippen LogP contribution in [0.25, 0.3) is 0 Å². The zero-order valence-corrected chi connectivity index (χ0v) is 33.6. The van der Waals surface area contributed by atoms with Gasteiger partial charge in [-0.25, -0.2) is 4.79 Å². The Labute approximate surface area is 345 Å². The van der Waals surface area contributed by atoms with Crippen LogP contribution < -0.4 is 16.8 Å². The monoisotopic (exact) mass is 800 g/mol. The zero-order chi connectivity index (χ0) is 40.8. The van der Waals surface area contributed by atoms with Crippen LogP contribution in [-0.2, 0) is 0 Å². The van der Waals surface area contributed by atoms with Crippen LogP contribution in [-0.4, -0.2) is 59.9 Å². The molecule has 4 aliphatic rings. The van der Waals surface area contributed by atoms with Gasteiger partial charge in [0.1, 0.15) is 0 Å². The van der Waals surface area contributed by atoms with E-state index in [0.29, 0.717) is 58.7 Å². The number of benzene rings is 4. The Bertz CT molecular complexity index is 2260. The molecule has 0 bridgehead atoms. The van der Waals surface area contributed by atoms with Gasteiger partial charge in [-0.3, -0.25) is 14.4 Å². The molecule has 4 fully saturated rings. The third-order valence-corrected chi connectivity index (χ3v) is 11.8. The van der Waals surface area contributed by atoms with E-state index in [1.165, 1.54) is 18.1 Å². The van der Waals surface area contributed by atoms with Crippen molar-refractivity contribution in [3.63, 3.8) is 0 Å². The number of nitriles is 2. The summed E-state index contributed by atoms with van der Waals surface area (Å²) in [5.41, 5.74) is 19.8. The second kappa shape index (κ2) is 19.0. The molecule has 58 heavy (non-hydrogen) atoms. The summed E-state index contributed by atoms with van der Waals surface area (Å²) in [4.78, 5) is 49.2. The molecule has 0 atom stereocenters. The van der Waals surface area contributed by atoms with E-state index in [2.05, 4.69) is 17.5 Å². The SMILES string of the molecule is Cc1cc(C2CCC2)c(C(N)=O)cc1C(=O)N1CC(c2ccc(C#N)cc2)C1.Cc1cc(C2CCC2)c(C(N)=O)cc1C(=O)O.Cl.N#Cc1ccc(C2CNC2)cc1. The summed E-state index contributed by atoms with van der Waals surface area (Å²) in [5.74, 6) is -0.395. The molecule has 0 aromatic heterocycles. The molecule has 2 saturated heterocycles. The number of halogens is 1. The second-order valence-electron chi connectivity index (χ2n) is 15.5. The van der Waals surface area contributed by atoms with E-state index < -0.39 is 17.8 Å². The highest BCUT2D eigenvalue weighted by atomic mass is 35.5. The third-order valence-electron chi connectivity index (χ3n) is 11.8. The molecule has 3 amide bonds. The summed E-state index contributed by atoms with van der Waals surface area (Å²) < 4.78 is 0. The minimum atomic E-state index is -1.02. The van der Waals surface area contributed by atoms with Crippen molar-refractivity contribution in [2.75, 3.05) is 26.2 Å². The summed E-state index contributed by atoms with van der Waals surface area (Å²) >= 11 is 0. The van der Waals surface area contributed by atoms with Crippen molar-refractivity contribution >= 4 is 36.1 Å². The molecule has 300 valence electrons. The Morgan fingerprint density at radius 2 is 1.05 bits per heavy atom. The van der Waals surface area contributed by atoms with Gasteiger partial charge in [-0.2, -0.15) is 10.5 Å². The first-order valence-corrected chi connectivity index (χ1v) is 19.5. The number of aromatic carboxylic acids is 1. The summed E-state index contributed by atoms with van der Waals surface area (Å²) in [6, 6.07) is 26.5. The number of aryl methyl sites for hydroxylation is 2. The van der Waals surface area contributed by atoms with Crippen molar-refractivity contribution in [1.82, 2.24) is 10.2 Å². The quantitative estimate of drug-likeness (QED) is 0.143. The fourth-order valence-corrected chi connectivity index (χ4v) is 7.67. The largest absolute Gasteiger partial charge is 0.478 e. The molecular weight excluding hydrogens is 752 g/mol. The summed E-state index contributed by atoms with van der Waals surface area (Å²) in [5, 5.41) is 29.7. The van der Waals surface area contributed by atoms with Crippen LogP contribution in [0.15, 0.2) is 72.8 Å². The van der Waals surface area contributed by atoms with Gasteiger partial charge in [-0.1, -0.05) is 49.2 Å². The lowest BCUT2D eigenvalue weighted by atomic mass is 9.77. The smallest absolute Gasteiger partial charge is 0.335 e. The van der Waals surface area contributed by atoms with Crippen LogP contribution in [0.5, 0.6) is 0 Å². The van der Waals surface area contributed by atoms with Crippen molar-refractivity contribution in [2.24, 2.45) is 11.5 Å². The Balaban J connectivity index is 0.000000181. The highest BCUT2D eigenvalue weighted by Crippen LogP contribution is 2.40. The minimum absolute atomic E-state index is 0. The third kappa shape index (κ3) is 9.57. The Kier molecular flexibility index (Phi) is 14.1. The predicted octanol–water partition coefficient (Wildman–Crippen LogP) is 7.20. The van der Waals surface area contributed by atoms with Crippen LogP contribution in [0.1, 0.15) is 148 Å². The number of rotatable bonds is 8. The van der Waals surface area contributed by atoms with E-state index in [-0.39, 0.29) is 29.8 Å². The van der Waals surface area contributed by atoms with Crippen molar-refractivity contribution in [2.45, 2.75) is 76.0 Å². The molecule has 6 N–H and O–H groups in total. The summed E-state index contributed by atoms with van der Waals surface area (Å²) in [6.45, 7) is 7.10. The molecule has 0 unspecified atom stereocenters. The number of carbonyl (C=O) groups is 4. The molecule has 2 saturated carbocycles. The second-order valence-corrected chi connectivity index (χ2v) is 15.5. The first-order chi connectivity index (χ1) is 27.4. The van der Waals surface area contributed by atoms with Gasteiger partial charge in [0, 0.05) is 54.7 Å². The number of nitrogens with zero attached hydrogens (tertiary/aromatic N) is 3. The Morgan fingerprint density at radius 3 is 1.40 bits per heavy atom. The zero-order valence-electron chi connectivity index (χ0n) is 32.8. The van der Waals surface area contributed by atoms with E-state index >= 15 is 0 Å². The lowest BCUT2D eigenvalue weighted by Crippen LogP contribution is -2.48. The number of hydrogen-bond acceptors (Lipinski definition) is 7. The van der Waals surface area contributed by atoms with Gasteiger partial charge in [0.05, 0.1) is 28.8 Å². The van der Waals surface area contributed by atoms with Crippen molar-refractivity contribution in [1.29, 1.82) is 10.5 Å². The Morgan fingerprint density at radius 1 is 0.638 bits per heavy atom. The molecule has 0 radical (unpaired) electrons. The highest BCUT2D eigenvalue weighted by Gasteiger charge is 2.34. The average molecular weight is 801 g/mol. The highest BCUT2D eigenvalue weighted by molar-refractivity contribution is 6.01. The maximum absolute atomic E-state index is 13.0. The summed E-state index contributed by atoms with van der Waals surface area (Å²) in [7, 11) is 0. The van der Waals surface area contributed by atoms with Gasteiger partial charge >= 0.3 is 5.97 Å². The minimum Gasteiger partial charge on any atom is -0.478 e. The van der Waals surface area contributed by atoms with Gasteiger partial charge in [-0.15, -0.1) is 12.4 Å². The molecule has 11 nitrogen and oxygen atoms in total. The van der Waals surface area contributed by atoms with E-state index in [0.717, 1.165) is 73.0 Å². The van der Waals surface area contributed by atoms with Gasteiger partial charge in [-0.05, 0) is 121 Å². The Hall–Kier alpha value is -6.01. The van der Waals surface area contributed by atoms with E-state index in [1.807, 2.05) is 61.5 Å². The van der Waals surface area contributed by atoms with Gasteiger partial charge in [0.15, 0.2) is 0 Å². The molecule has 8 rings (SSSR count). The van der Waals surface area contributed by atoms with Crippen LogP contribution in [0, 0.1) is 36.5 Å². The molecule has 0 spiro atoms. The lowest BCUT2D eigenvalue weighted by molar-refractivity contribution is 0.0600. The van der Waals surface area contributed by atoms with E-state index in [1.54, 1.807) is 24.0 Å². The molecule has 2 heterocycles. The maximum Gasteiger partial charge on any atom is 0.335 e. The number of nitrogens with one attached hydrogen (secondary N) is 1. The van der Waals surface area contributed by atoms with Crippen molar-refractivity contribution < 1.29 is 24.3 Å². The molecule has 4 aromatic carbocycles. The predicted molar refractivity (Wildman–Crippen MR) is 223 cm³/mol. The molecule has 4 aromatic rings. The van der Waals surface area contributed by atoms with Gasteiger partial charge < -0.3 is 26.8 Å². The molecule has 2 aliphatic heterocycles. The van der Waals surface area contributed by atoms with Crippen molar-refractivity contribution in [3.8, 4) is 12.1 Å². The lowest BCUT2D eigenvalue weighted by Gasteiger charge is -2.40. The number of hydrogen-bond donors (Lipinski definition) is 4. The first-order valence-electron chi connectivity index (χ1n) is 19.5. The van der Waals surface area contributed by atoms with Crippen LogP contribution in [0.4, 0.5) is 0 Å². The van der Waals surface area contributed by atoms with Gasteiger partial charge in [0.2, 0.25) is 11.8 Å². The fourth-order valence-electron chi connectivity index (χ4n) is 7.67. The fraction of sp³-hybridized carbons (Fsp3) is 0.348. The maximum atomic E-state index is 13.0. The van der Waals surface area contributed by atoms with Crippen molar-refractivity contribution in [3.05, 3.63) is 140 Å². The van der Waals surface area contributed by atoms with E-state index in [4.69, 9.17) is 27.1 Å². The number of primary amides is 2.